The highest BCUT2D eigenvalue weighted by molar-refractivity contribution is 9.10. The summed E-state index contributed by atoms with van der Waals surface area (Å²) in [5.41, 5.74) is 0.793. The summed E-state index contributed by atoms with van der Waals surface area (Å²) in [5.74, 6) is -0.140. The van der Waals surface area contributed by atoms with Crippen LogP contribution in [0.15, 0.2) is 49.6 Å². The molecule has 0 unspecified atom stereocenters. The molecule has 0 fully saturated rings. The number of halogens is 1. The molecule has 11 heteroatoms. The normalized spacial score (nSPS) is 11.2. The van der Waals surface area contributed by atoms with Crippen LogP contribution in [0.25, 0.3) is 0 Å². The Balaban J connectivity index is 1.87. The summed E-state index contributed by atoms with van der Waals surface area (Å²) in [6, 6.07) is 8.05. The third kappa shape index (κ3) is 3.99. The number of amides is 1. The summed E-state index contributed by atoms with van der Waals surface area (Å²) in [5, 5.41) is 8.03. The SMILES string of the molecule is COc1ccccc1C(=O)Nc1sccc1S(=O)(=O)Nc1onc(C)c1Br. The largest absolute Gasteiger partial charge is 0.496 e. The number of hydrogen-bond acceptors (Lipinski definition) is 7. The van der Waals surface area contributed by atoms with Crippen LogP contribution >= 0.6 is 27.3 Å². The molecule has 2 N–H and O–H groups in total. The molecule has 0 saturated heterocycles. The summed E-state index contributed by atoms with van der Waals surface area (Å²) in [7, 11) is -2.55. The van der Waals surface area contributed by atoms with Crippen molar-refractivity contribution in [1.29, 1.82) is 0 Å². The highest BCUT2D eigenvalue weighted by atomic mass is 79.9. The van der Waals surface area contributed by atoms with Crippen molar-refractivity contribution < 1.29 is 22.5 Å². The van der Waals surface area contributed by atoms with Gasteiger partial charge in [-0.1, -0.05) is 17.3 Å². The second kappa shape index (κ2) is 7.71. The number of nitrogens with zero attached hydrogens (tertiary/aromatic N) is 1. The highest BCUT2D eigenvalue weighted by Gasteiger charge is 2.25. The van der Waals surface area contributed by atoms with Gasteiger partial charge in [-0.25, -0.2) is 13.1 Å². The second-order valence-electron chi connectivity index (χ2n) is 5.28. The molecule has 3 rings (SSSR count). The Morgan fingerprint density at radius 3 is 2.70 bits per heavy atom. The number of benzene rings is 1. The number of ether oxygens (including phenoxy) is 1. The Morgan fingerprint density at radius 2 is 2.04 bits per heavy atom. The van der Waals surface area contributed by atoms with Gasteiger partial charge in [0.1, 0.15) is 20.1 Å². The molecule has 0 bridgehead atoms. The quantitative estimate of drug-likeness (QED) is 0.564. The summed E-state index contributed by atoms with van der Waals surface area (Å²) in [6.07, 6.45) is 0. The lowest BCUT2D eigenvalue weighted by Crippen LogP contribution is -2.17. The molecule has 8 nitrogen and oxygen atoms in total. The van der Waals surface area contributed by atoms with E-state index in [0.29, 0.717) is 21.5 Å². The van der Waals surface area contributed by atoms with Crippen LogP contribution in [0.5, 0.6) is 5.75 Å². The van der Waals surface area contributed by atoms with Crippen molar-refractivity contribution in [3.63, 3.8) is 0 Å². The van der Waals surface area contributed by atoms with Gasteiger partial charge in [-0.05, 0) is 46.4 Å². The number of nitrogens with one attached hydrogen (secondary N) is 2. The van der Waals surface area contributed by atoms with E-state index in [1.807, 2.05) is 0 Å². The van der Waals surface area contributed by atoms with E-state index in [1.165, 1.54) is 13.2 Å². The zero-order valence-corrected chi connectivity index (χ0v) is 17.4. The number of sulfonamides is 1. The lowest BCUT2D eigenvalue weighted by atomic mass is 10.2. The van der Waals surface area contributed by atoms with Gasteiger partial charge in [0, 0.05) is 0 Å². The number of carbonyl (C=O) groups excluding carboxylic acids is 1. The number of hydrogen-bond donors (Lipinski definition) is 2. The lowest BCUT2D eigenvalue weighted by molar-refractivity contribution is 0.102. The number of anilines is 2. The van der Waals surface area contributed by atoms with E-state index in [2.05, 4.69) is 31.1 Å². The Labute approximate surface area is 167 Å². The Hall–Kier alpha value is -2.37. The van der Waals surface area contributed by atoms with Crippen molar-refractivity contribution in [1.82, 2.24) is 5.16 Å². The molecular weight excluding hydrogens is 458 g/mol. The minimum Gasteiger partial charge on any atom is -0.496 e. The van der Waals surface area contributed by atoms with Crippen LogP contribution < -0.4 is 14.8 Å². The van der Waals surface area contributed by atoms with Crippen molar-refractivity contribution in [3.05, 3.63) is 51.4 Å². The van der Waals surface area contributed by atoms with Gasteiger partial charge in [0.2, 0.25) is 0 Å². The van der Waals surface area contributed by atoms with E-state index >= 15 is 0 Å². The molecule has 3 aromatic rings. The van der Waals surface area contributed by atoms with Crippen LogP contribution in [0.1, 0.15) is 16.1 Å². The van der Waals surface area contributed by atoms with E-state index in [1.54, 1.807) is 36.6 Å². The summed E-state index contributed by atoms with van der Waals surface area (Å²) >= 11 is 4.29. The number of aromatic nitrogens is 1. The van der Waals surface area contributed by atoms with Crippen molar-refractivity contribution in [3.8, 4) is 5.75 Å². The first-order chi connectivity index (χ1) is 12.8. The molecule has 1 amide bonds. The van der Waals surface area contributed by atoms with Crippen molar-refractivity contribution in [2.75, 3.05) is 17.1 Å². The minimum absolute atomic E-state index is 0.0410. The Morgan fingerprint density at radius 1 is 1.30 bits per heavy atom. The first-order valence-electron chi connectivity index (χ1n) is 7.50. The average Bonchev–Trinajstić information content (AvgIpc) is 3.24. The molecular formula is C16H14BrN3O5S2. The van der Waals surface area contributed by atoms with E-state index < -0.39 is 15.9 Å². The number of aryl methyl sites for hydroxylation is 1. The Bertz CT molecular complexity index is 1090. The van der Waals surface area contributed by atoms with Crippen LogP contribution in [-0.2, 0) is 10.0 Å². The fourth-order valence-corrected chi connectivity index (χ4v) is 4.85. The maximum Gasteiger partial charge on any atom is 0.267 e. The van der Waals surface area contributed by atoms with E-state index in [0.717, 1.165) is 11.3 Å². The van der Waals surface area contributed by atoms with Crippen LogP contribution in [0.2, 0.25) is 0 Å². The first-order valence-corrected chi connectivity index (χ1v) is 10.7. The zero-order chi connectivity index (χ0) is 19.6. The molecule has 1 aromatic carbocycles. The third-order valence-corrected chi connectivity index (χ3v) is 6.78. The van der Waals surface area contributed by atoms with Gasteiger partial charge in [0.15, 0.2) is 0 Å². The van der Waals surface area contributed by atoms with Crippen LogP contribution in [-0.4, -0.2) is 26.6 Å². The van der Waals surface area contributed by atoms with Crippen LogP contribution in [0, 0.1) is 6.92 Å². The molecule has 2 aromatic heterocycles. The lowest BCUT2D eigenvalue weighted by Gasteiger charge is -2.10. The smallest absolute Gasteiger partial charge is 0.267 e. The van der Waals surface area contributed by atoms with Gasteiger partial charge < -0.3 is 14.6 Å². The van der Waals surface area contributed by atoms with Gasteiger partial charge in [0.05, 0.1) is 18.4 Å². The predicted molar refractivity (Wildman–Crippen MR) is 105 cm³/mol. The summed E-state index contributed by atoms with van der Waals surface area (Å²) in [6.45, 7) is 1.66. The maximum absolute atomic E-state index is 12.7. The monoisotopic (exact) mass is 471 g/mol. The number of para-hydroxylation sites is 1. The molecule has 0 aliphatic rings. The topological polar surface area (TPSA) is 111 Å². The van der Waals surface area contributed by atoms with Gasteiger partial charge in [-0.15, -0.1) is 11.3 Å². The summed E-state index contributed by atoms with van der Waals surface area (Å²) in [4.78, 5) is 12.5. The molecule has 0 atom stereocenters. The van der Waals surface area contributed by atoms with Crippen molar-refractivity contribution >= 4 is 54.1 Å². The first kappa shape index (κ1) is 19.4. The van der Waals surface area contributed by atoms with E-state index in [4.69, 9.17) is 9.26 Å². The standard InChI is InChI=1S/C16H14BrN3O5S2/c1-9-13(17)15(25-19-9)20-27(22,23)12-7-8-26-16(12)18-14(21)10-5-3-4-6-11(10)24-2/h3-8,20H,1-2H3,(H,18,21). The predicted octanol–water partition coefficient (Wildman–Crippen LogP) is 3.87. The molecule has 2 heterocycles. The van der Waals surface area contributed by atoms with Crippen LogP contribution in [0.4, 0.5) is 10.9 Å². The molecule has 142 valence electrons. The van der Waals surface area contributed by atoms with Gasteiger partial charge in [-0.2, -0.15) is 0 Å². The van der Waals surface area contributed by atoms with Crippen LogP contribution in [0.3, 0.4) is 0 Å². The molecule has 27 heavy (non-hydrogen) atoms. The van der Waals surface area contributed by atoms with Gasteiger partial charge in [0.25, 0.3) is 21.8 Å². The van der Waals surface area contributed by atoms with Crippen molar-refractivity contribution in [2.45, 2.75) is 11.8 Å². The molecule has 0 spiro atoms. The van der Waals surface area contributed by atoms with Gasteiger partial charge in [-0.3, -0.25) is 4.79 Å². The maximum atomic E-state index is 12.7. The second-order valence-corrected chi connectivity index (χ2v) is 8.64. The van der Waals surface area contributed by atoms with E-state index in [9.17, 15) is 13.2 Å². The molecule has 0 radical (unpaired) electrons. The molecule has 0 saturated carbocycles. The highest BCUT2D eigenvalue weighted by Crippen LogP contribution is 2.33. The number of thiophene rings is 1. The van der Waals surface area contributed by atoms with Gasteiger partial charge >= 0.3 is 0 Å². The zero-order valence-electron chi connectivity index (χ0n) is 14.1. The average molecular weight is 472 g/mol. The van der Waals surface area contributed by atoms with E-state index in [-0.39, 0.29) is 15.8 Å². The fourth-order valence-electron chi connectivity index (χ4n) is 2.20. The molecule has 0 aliphatic carbocycles. The third-order valence-electron chi connectivity index (χ3n) is 3.52. The molecule has 0 aliphatic heterocycles. The number of carbonyl (C=O) groups is 1. The summed E-state index contributed by atoms with van der Waals surface area (Å²) < 4.78 is 38.2. The Kier molecular flexibility index (Phi) is 5.53. The number of rotatable bonds is 6. The fraction of sp³-hybridized carbons (Fsp3) is 0.125. The minimum atomic E-state index is -4.00. The number of methoxy groups -OCH3 is 1. The van der Waals surface area contributed by atoms with Crippen molar-refractivity contribution in [2.24, 2.45) is 0 Å².